The molecule has 0 heterocycles. The molecule has 0 saturated heterocycles. The van der Waals surface area contributed by atoms with Gasteiger partial charge in [-0.3, -0.25) is 4.79 Å². The molecule has 3 unspecified atom stereocenters. The average molecular weight is 260 g/mol. The summed E-state index contributed by atoms with van der Waals surface area (Å²) in [6.45, 7) is 3.91. The lowest BCUT2D eigenvalue weighted by atomic mass is 10.1. The smallest absolute Gasteiger partial charge is 0.229 e. The van der Waals surface area contributed by atoms with Crippen molar-refractivity contribution in [1.82, 2.24) is 5.32 Å². The number of carbonyl (C=O) groups excluding carboxylic acids is 1. The van der Waals surface area contributed by atoms with E-state index in [1.807, 2.05) is 11.8 Å². The molecule has 0 bridgehead atoms. The third-order valence-corrected chi connectivity index (χ3v) is 4.66. The third kappa shape index (κ3) is 3.63. The van der Waals surface area contributed by atoms with Gasteiger partial charge >= 0.3 is 0 Å². The van der Waals surface area contributed by atoms with Crippen LogP contribution in [0.2, 0.25) is 0 Å². The number of nitrogens with one attached hydrogen (secondary N) is 1. The van der Waals surface area contributed by atoms with Crippen LogP contribution in [-0.2, 0) is 4.79 Å². The lowest BCUT2D eigenvalue weighted by molar-refractivity contribution is -0.123. The lowest BCUT2D eigenvalue weighted by Gasteiger charge is -2.21. The van der Waals surface area contributed by atoms with Gasteiger partial charge in [-0.25, -0.2) is 0 Å². The van der Waals surface area contributed by atoms with E-state index in [-0.39, 0.29) is 16.8 Å². The molecule has 0 aromatic heterocycles. The maximum atomic E-state index is 11.8. The van der Waals surface area contributed by atoms with Crippen molar-refractivity contribution in [3.8, 4) is 0 Å². The maximum Gasteiger partial charge on any atom is 0.229 e. The predicted molar refractivity (Wildman–Crippen MR) is 73.7 cm³/mol. The van der Waals surface area contributed by atoms with Gasteiger partial charge in [0.05, 0.1) is 10.9 Å². The minimum absolute atomic E-state index is 0.0268. The highest BCUT2D eigenvalue weighted by Gasteiger charge is 2.29. The minimum Gasteiger partial charge on any atom is -0.393 e. The largest absolute Gasteiger partial charge is 0.393 e. The van der Waals surface area contributed by atoms with Crippen molar-refractivity contribution < 1.29 is 4.79 Å². The predicted octanol–water partition coefficient (Wildman–Crippen LogP) is 1.70. The molecule has 16 heavy (non-hydrogen) atoms. The molecule has 0 aliphatic heterocycles. The third-order valence-electron chi connectivity index (χ3n) is 2.98. The highest BCUT2D eigenvalue weighted by Crippen LogP contribution is 2.29. The van der Waals surface area contributed by atoms with Gasteiger partial charge in [-0.05, 0) is 25.5 Å². The van der Waals surface area contributed by atoms with Crippen LogP contribution in [0.1, 0.15) is 33.1 Å². The average Bonchev–Trinajstić information content (AvgIpc) is 2.65. The van der Waals surface area contributed by atoms with E-state index in [9.17, 15) is 4.79 Å². The Bertz CT molecular complexity index is 271. The van der Waals surface area contributed by atoms with Gasteiger partial charge in [-0.15, -0.1) is 0 Å². The van der Waals surface area contributed by atoms with Gasteiger partial charge in [0.25, 0.3) is 0 Å². The summed E-state index contributed by atoms with van der Waals surface area (Å²) in [5.74, 6) is 0.714. The molecule has 1 saturated carbocycles. The summed E-state index contributed by atoms with van der Waals surface area (Å²) < 4.78 is 0. The number of rotatable bonds is 5. The van der Waals surface area contributed by atoms with E-state index in [0.29, 0.717) is 11.3 Å². The summed E-state index contributed by atoms with van der Waals surface area (Å²) in [6, 6.07) is 0.300. The summed E-state index contributed by atoms with van der Waals surface area (Å²) in [4.78, 5) is 12.1. The SMILES string of the molecule is CCSC1CCCC1NC(=O)C(C)C(N)=S. The molecule has 0 aromatic carbocycles. The quantitative estimate of drug-likeness (QED) is 0.739. The standard InChI is InChI=1S/C11H20N2OS2/c1-3-16-9-6-4-5-8(9)13-11(14)7(2)10(12)15/h7-9H,3-6H2,1-2H3,(H2,12,15)(H,13,14). The van der Waals surface area contributed by atoms with E-state index >= 15 is 0 Å². The molecule has 92 valence electrons. The first-order valence-corrected chi connectivity index (χ1v) is 7.23. The summed E-state index contributed by atoms with van der Waals surface area (Å²) >= 11 is 6.76. The Balaban J connectivity index is 2.46. The Morgan fingerprint density at radius 2 is 2.31 bits per heavy atom. The van der Waals surface area contributed by atoms with Gasteiger partial charge in [-0.1, -0.05) is 25.6 Å². The number of hydrogen-bond donors (Lipinski definition) is 2. The molecule has 3 nitrogen and oxygen atoms in total. The van der Waals surface area contributed by atoms with Crippen molar-refractivity contribution in [2.45, 2.75) is 44.4 Å². The Morgan fingerprint density at radius 1 is 1.62 bits per heavy atom. The van der Waals surface area contributed by atoms with Crippen LogP contribution in [0, 0.1) is 5.92 Å². The summed E-state index contributed by atoms with van der Waals surface area (Å²) in [7, 11) is 0. The summed E-state index contributed by atoms with van der Waals surface area (Å²) in [5, 5.41) is 3.63. The first-order chi connectivity index (χ1) is 7.56. The molecule has 0 spiro atoms. The zero-order chi connectivity index (χ0) is 12.1. The van der Waals surface area contributed by atoms with Crippen molar-refractivity contribution in [3.63, 3.8) is 0 Å². The number of hydrogen-bond acceptors (Lipinski definition) is 3. The fourth-order valence-electron chi connectivity index (χ4n) is 1.94. The van der Waals surface area contributed by atoms with Crippen LogP contribution >= 0.6 is 24.0 Å². The van der Waals surface area contributed by atoms with Crippen molar-refractivity contribution in [2.24, 2.45) is 11.7 Å². The van der Waals surface area contributed by atoms with Gasteiger partial charge in [0, 0.05) is 11.3 Å². The van der Waals surface area contributed by atoms with E-state index < -0.39 is 0 Å². The Kier molecular flexibility index (Phi) is 5.55. The molecule has 1 aliphatic rings. The first-order valence-electron chi connectivity index (χ1n) is 5.77. The molecule has 1 rings (SSSR count). The lowest BCUT2D eigenvalue weighted by Crippen LogP contribution is -2.44. The van der Waals surface area contributed by atoms with Crippen LogP contribution in [0.3, 0.4) is 0 Å². The molecule has 5 heteroatoms. The molecule has 1 aliphatic carbocycles. The van der Waals surface area contributed by atoms with E-state index in [0.717, 1.165) is 12.2 Å². The monoisotopic (exact) mass is 260 g/mol. The second kappa shape index (κ2) is 6.45. The molecule has 3 N–H and O–H groups in total. The molecule has 0 aromatic rings. The maximum absolute atomic E-state index is 11.8. The number of thioether (sulfide) groups is 1. The number of carbonyl (C=O) groups is 1. The van der Waals surface area contributed by atoms with E-state index in [1.54, 1.807) is 6.92 Å². The number of nitrogens with two attached hydrogens (primary N) is 1. The zero-order valence-electron chi connectivity index (χ0n) is 9.86. The summed E-state index contributed by atoms with van der Waals surface area (Å²) in [6.07, 6.45) is 3.47. The van der Waals surface area contributed by atoms with E-state index in [4.69, 9.17) is 18.0 Å². The fourth-order valence-corrected chi connectivity index (χ4v) is 3.25. The highest BCUT2D eigenvalue weighted by molar-refractivity contribution is 7.99. The van der Waals surface area contributed by atoms with Crippen LogP contribution < -0.4 is 11.1 Å². The normalized spacial score (nSPS) is 26.4. The zero-order valence-corrected chi connectivity index (χ0v) is 11.5. The van der Waals surface area contributed by atoms with Crippen LogP contribution in [-0.4, -0.2) is 27.9 Å². The Labute approximate surface area is 107 Å². The molecule has 0 radical (unpaired) electrons. The highest BCUT2D eigenvalue weighted by atomic mass is 32.2. The molecule has 3 atom stereocenters. The number of amides is 1. The van der Waals surface area contributed by atoms with Gasteiger partial charge in [0.2, 0.25) is 5.91 Å². The summed E-state index contributed by atoms with van der Waals surface area (Å²) in [5.41, 5.74) is 5.47. The van der Waals surface area contributed by atoms with Crippen molar-refractivity contribution in [2.75, 3.05) is 5.75 Å². The molecular formula is C11H20N2OS2. The minimum atomic E-state index is -0.358. The number of thiocarbonyl (C=S) groups is 1. The Hall–Kier alpha value is -0.290. The van der Waals surface area contributed by atoms with Crippen LogP contribution in [0.5, 0.6) is 0 Å². The Morgan fingerprint density at radius 3 is 2.88 bits per heavy atom. The topological polar surface area (TPSA) is 55.1 Å². The second-order valence-corrected chi connectivity index (χ2v) is 6.15. The van der Waals surface area contributed by atoms with Gasteiger partial charge < -0.3 is 11.1 Å². The van der Waals surface area contributed by atoms with Crippen LogP contribution in [0.15, 0.2) is 0 Å². The van der Waals surface area contributed by atoms with Gasteiger partial charge in [0.1, 0.15) is 0 Å². The van der Waals surface area contributed by atoms with E-state index in [1.165, 1.54) is 12.8 Å². The molecule has 1 fully saturated rings. The molecule has 1 amide bonds. The van der Waals surface area contributed by atoms with Gasteiger partial charge in [-0.2, -0.15) is 11.8 Å². The van der Waals surface area contributed by atoms with Crippen molar-refractivity contribution in [1.29, 1.82) is 0 Å². The van der Waals surface area contributed by atoms with Crippen LogP contribution in [0.4, 0.5) is 0 Å². The van der Waals surface area contributed by atoms with Crippen LogP contribution in [0.25, 0.3) is 0 Å². The van der Waals surface area contributed by atoms with Gasteiger partial charge in [0.15, 0.2) is 0 Å². The van der Waals surface area contributed by atoms with Crippen molar-refractivity contribution in [3.05, 3.63) is 0 Å². The second-order valence-electron chi connectivity index (χ2n) is 4.16. The fraction of sp³-hybridized carbons (Fsp3) is 0.818. The van der Waals surface area contributed by atoms with Crippen molar-refractivity contribution >= 4 is 34.9 Å². The first kappa shape index (κ1) is 13.8. The molecular weight excluding hydrogens is 240 g/mol. The van der Waals surface area contributed by atoms with E-state index in [2.05, 4.69) is 12.2 Å².